The third-order valence-electron chi connectivity index (χ3n) is 4.71. The zero-order valence-electron chi connectivity index (χ0n) is 16.9. The zero-order valence-corrected chi connectivity index (χ0v) is 16.9. The van der Waals surface area contributed by atoms with E-state index in [1.165, 1.54) is 11.6 Å². The first-order valence-electron chi connectivity index (χ1n) is 9.43. The Morgan fingerprint density at radius 1 is 1.00 bits per heavy atom. The van der Waals surface area contributed by atoms with E-state index in [4.69, 9.17) is 4.52 Å². The number of hydrogen-bond donors (Lipinski definition) is 0. The van der Waals surface area contributed by atoms with Crippen LogP contribution in [0, 0.1) is 6.92 Å². The molecule has 2 aromatic heterocycles. The van der Waals surface area contributed by atoms with Gasteiger partial charge in [-0.05, 0) is 35.6 Å². The van der Waals surface area contributed by atoms with Crippen molar-refractivity contribution >= 4 is 0 Å². The minimum absolute atomic E-state index is 0.0653. The third kappa shape index (κ3) is 3.87. The van der Waals surface area contributed by atoms with Gasteiger partial charge in [-0.25, -0.2) is 4.68 Å². The van der Waals surface area contributed by atoms with Crippen LogP contribution in [0.1, 0.15) is 31.9 Å². The molecule has 0 bridgehead atoms. The lowest BCUT2D eigenvalue weighted by Crippen LogP contribution is -2.12. The molecule has 6 heteroatoms. The average molecular weight is 386 g/mol. The maximum absolute atomic E-state index is 12.4. The monoisotopic (exact) mass is 386 g/mol. The summed E-state index contributed by atoms with van der Waals surface area (Å²) in [5.74, 6) is 0.527. The van der Waals surface area contributed by atoms with Crippen molar-refractivity contribution in [1.29, 1.82) is 0 Å². The second-order valence-electron chi connectivity index (χ2n) is 8.06. The van der Waals surface area contributed by atoms with Gasteiger partial charge in [0.05, 0.1) is 5.69 Å². The van der Waals surface area contributed by atoms with Crippen molar-refractivity contribution in [3.63, 3.8) is 0 Å². The van der Waals surface area contributed by atoms with E-state index >= 15 is 0 Å². The summed E-state index contributed by atoms with van der Waals surface area (Å²) in [7, 11) is 0. The van der Waals surface area contributed by atoms with Crippen molar-refractivity contribution in [2.24, 2.45) is 0 Å². The fraction of sp³-hybridized carbons (Fsp3) is 0.217. The Balaban J connectivity index is 1.69. The highest BCUT2D eigenvalue weighted by atomic mass is 16.5. The van der Waals surface area contributed by atoms with Gasteiger partial charge in [-0.3, -0.25) is 4.79 Å². The van der Waals surface area contributed by atoms with Gasteiger partial charge >= 0.3 is 0 Å². The average Bonchev–Trinajstić information content (AvgIpc) is 3.18. The molecule has 0 aliphatic heterocycles. The molecular formula is C23H22N4O2. The highest BCUT2D eigenvalue weighted by Crippen LogP contribution is 2.25. The number of hydrogen-bond acceptors (Lipinski definition) is 5. The Hall–Kier alpha value is -3.54. The molecule has 2 aromatic carbocycles. The normalized spacial score (nSPS) is 11.6. The molecule has 0 atom stereocenters. The third-order valence-corrected chi connectivity index (χ3v) is 4.71. The molecule has 0 N–H and O–H groups in total. The lowest BCUT2D eigenvalue weighted by Gasteiger charge is -2.18. The van der Waals surface area contributed by atoms with Gasteiger partial charge in [-0.1, -0.05) is 62.3 Å². The molecule has 0 radical (unpaired) electrons. The molecule has 0 saturated heterocycles. The van der Waals surface area contributed by atoms with Crippen LogP contribution >= 0.6 is 0 Å². The summed E-state index contributed by atoms with van der Waals surface area (Å²) in [4.78, 5) is 16.8. The smallest absolute Gasteiger partial charge is 0.282 e. The van der Waals surface area contributed by atoms with E-state index in [9.17, 15) is 4.79 Å². The number of benzene rings is 2. The van der Waals surface area contributed by atoms with Crippen LogP contribution in [-0.2, 0) is 5.41 Å². The van der Waals surface area contributed by atoms with Crippen molar-refractivity contribution in [3.8, 4) is 28.7 Å². The topological polar surface area (TPSA) is 73.8 Å². The fourth-order valence-electron chi connectivity index (χ4n) is 3.03. The van der Waals surface area contributed by atoms with Gasteiger partial charge in [-0.15, -0.1) is 0 Å². The highest BCUT2D eigenvalue weighted by Gasteiger charge is 2.17. The number of aryl methyl sites for hydroxylation is 1. The van der Waals surface area contributed by atoms with E-state index in [1.54, 1.807) is 10.9 Å². The summed E-state index contributed by atoms with van der Waals surface area (Å²) in [5, 5.41) is 8.45. The summed E-state index contributed by atoms with van der Waals surface area (Å²) in [6.45, 7) is 8.49. The van der Waals surface area contributed by atoms with Crippen molar-refractivity contribution in [3.05, 3.63) is 82.1 Å². The fourth-order valence-corrected chi connectivity index (χ4v) is 3.03. The van der Waals surface area contributed by atoms with Crippen LogP contribution in [0.25, 0.3) is 28.7 Å². The molecule has 2 heterocycles. The van der Waals surface area contributed by atoms with E-state index in [0.29, 0.717) is 5.82 Å². The van der Waals surface area contributed by atoms with E-state index in [1.807, 2.05) is 43.3 Å². The van der Waals surface area contributed by atoms with E-state index in [2.05, 4.69) is 48.1 Å². The van der Waals surface area contributed by atoms with Gasteiger partial charge in [0.1, 0.15) is 0 Å². The van der Waals surface area contributed by atoms with Crippen LogP contribution in [0.15, 0.2) is 70.1 Å². The summed E-state index contributed by atoms with van der Waals surface area (Å²) in [6.07, 6.45) is 1.63. The first-order chi connectivity index (χ1) is 13.8. The standard InChI is InChI=1S/C23H22N4O2/c1-15-6-5-7-18(14-15)27-13-12-19(28)20(25-27)22-24-21(26-29-22)16-8-10-17(11-9-16)23(2,3)4/h5-14H,1-4H3. The molecule has 146 valence electrons. The summed E-state index contributed by atoms with van der Waals surface area (Å²) in [5.41, 5.74) is 3.91. The van der Waals surface area contributed by atoms with Crippen LogP contribution in [0.4, 0.5) is 0 Å². The highest BCUT2D eigenvalue weighted by molar-refractivity contribution is 5.58. The molecule has 29 heavy (non-hydrogen) atoms. The maximum atomic E-state index is 12.4. The minimum Gasteiger partial charge on any atom is -0.332 e. The zero-order chi connectivity index (χ0) is 20.6. The van der Waals surface area contributed by atoms with Crippen molar-refractivity contribution in [2.45, 2.75) is 33.1 Å². The second kappa shape index (κ2) is 7.13. The van der Waals surface area contributed by atoms with Crippen LogP contribution in [0.2, 0.25) is 0 Å². The van der Waals surface area contributed by atoms with Crippen LogP contribution < -0.4 is 5.43 Å². The number of nitrogens with zero attached hydrogens (tertiary/aromatic N) is 4. The summed E-state index contributed by atoms with van der Waals surface area (Å²) >= 11 is 0. The van der Waals surface area contributed by atoms with Crippen molar-refractivity contribution in [2.75, 3.05) is 0 Å². The molecule has 0 aliphatic rings. The molecule has 4 rings (SSSR count). The Labute approximate surface area is 168 Å². The van der Waals surface area contributed by atoms with Crippen LogP contribution in [0.3, 0.4) is 0 Å². The van der Waals surface area contributed by atoms with Crippen molar-refractivity contribution in [1.82, 2.24) is 19.9 Å². The Kier molecular flexibility index (Phi) is 4.62. The molecule has 0 saturated carbocycles. The van der Waals surface area contributed by atoms with Crippen molar-refractivity contribution < 1.29 is 4.52 Å². The first-order valence-corrected chi connectivity index (χ1v) is 9.43. The van der Waals surface area contributed by atoms with Crippen LogP contribution in [-0.4, -0.2) is 19.9 Å². The molecular weight excluding hydrogens is 364 g/mol. The minimum atomic E-state index is -0.271. The van der Waals surface area contributed by atoms with Gasteiger partial charge in [0, 0.05) is 17.8 Å². The molecule has 0 unspecified atom stereocenters. The molecule has 0 aliphatic carbocycles. The molecule has 0 spiro atoms. The predicted molar refractivity (Wildman–Crippen MR) is 112 cm³/mol. The van der Waals surface area contributed by atoms with E-state index in [-0.39, 0.29) is 22.4 Å². The summed E-state index contributed by atoms with van der Waals surface area (Å²) in [6, 6.07) is 17.3. The molecule has 6 nitrogen and oxygen atoms in total. The molecule has 0 fully saturated rings. The van der Waals surface area contributed by atoms with Gasteiger partial charge < -0.3 is 4.52 Å². The van der Waals surface area contributed by atoms with E-state index < -0.39 is 0 Å². The predicted octanol–water partition coefficient (Wildman–Crippen LogP) is 4.56. The van der Waals surface area contributed by atoms with Gasteiger partial charge in [-0.2, -0.15) is 10.1 Å². The van der Waals surface area contributed by atoms with E-state index in [0.717, 1.165) is 16.8 Å². The summed E-state index contributed by atoms with van der Waals surface area (Å²) < 4.78 is 6.99. The van der Waals surface area contributed by atoms with Gasteiger partial charge in [0.25, 0.3) is 5.89 Å². The Morgan fingerprint density at radius 2 is 1.76 bits per heavy atom. The second-order valence-corrected chi connectivity index (χ2v) is 8.06. The number of rotatable bonds is 3. The Morgan fingerprint density at radius 3 is 2.45 bits per heavy atom. The SMILES string of the molecule is Cc1cccc(-n2ccc(=O)c(-c3nc(-c4ccc(C(C)(C)C)cc4)no3)n2)c1. The largest absolute Gasteiger partial charge is 0.332 e. The van der Waals surface area contributed by atoms with Gasteiger partial charge in [0.2, 0.25) is 11.3 Å². The number of aromatic nitrogens is 4. The maximum Gasteiger partial charge on any atom is 0.282 e. The molecule has 0 amide bonds. The lowest BCUT2D eigenvalue weighted by atomic mass is 9.87. The first kappa shape index (κ1) is 18.8. The quantitative estimate of drug-likeness (QED) is 0.516. The lowest BCUT2D eigenvalue weighted by molar-refractivity contribution is 0.429. The Bertz CT molecular complexity index is 1210. The van der Waals surface area contributed by atoms with Crippen LogP contribution in [0.5, 0.6) is 0 Å². The molecule has 4 aromatic rings. The van der Waals surface area contributed by atoms with Gasteiger partial charge in [0.15, 0.2) is 5.69 Å².